The highest BCUT2D eigenvalue weighted by atomic mass is 32.1. The molecule has 1 heterocycles. The van der Waals surface area contributed by atoms with Crippen molar-refractivity contribution in [3.8, 4) is 0 Å². The van der Waals surface area contributed by atoms with Crippen LogP contribution in [-0.2, 0) is 4.79 Å². The number of ketones is 1. The van der Waals surface area contributed by atoms with Gasteiger partial charge in [-0.25, -0.2) is 0 Å². The van der Waals surface area contributed by atoms with Gasteiger partial charge in [-0.05, 0) is 24.8 Å². The lowest BCUT2D eigenvalue weighted by atomic mass is 10.2. The van der Waals surface area contributed by atoms with E-state index in [0.29, 0.717) is 17.6 Å². The molecule has 2 heteroatoms. The number of carbonyl (C=O) groups excluding carboxylic acids is 1. The first-order valence-electron chi connectivity index (χ1n) is 3.83. The van der Waals surface area contributed by atoms with Gasteiger partial charge in [-0.1, -0.05) is 6.07 Å². The molecule has 1 aromatic rings. The molecule has 1 saturated carbocycles. The van der Waals surface area contributed by atoms with Gasteiger partial charge in [0.05, 0.1) is 0 Å². The van der Waals surface area contributed by atoms with Crippen molar-refractivity contribution in [3.63, 3.8) is 0 Å². The lowest BCUT2D eigenvalue weighted by Crippen LogP contribution is -1.93. The van der Waals surface area contributed by atoms with E-state index in [1.165, 1.54) is 4.88 Å². The third-order valence-electron chi connectivity index (χ3n) is 2.22. The van der Waals surface area contributed by atoms with E-state index in [-0.39, 0.29) is 0 Å². The summed E-state index contributed by atoms with van der Waals surface area (Å²) in [7, 11) is 0. The summed E-state index contributed by atoms with van der Waals surface area (Å²) >= 11 is 1.76. The molecular weight excluding hydrogens is 156 g/mol. The molecule has 1 aliphatic rings. The summed E-state index contributed by atoms with van der Waals surface area (Å²) in [6, 6.07) is 4.17. The molecule has 1 fully saturated rings. The zero-order valence-corrected chi connectivity index (χ0v) is 7.23. The van der Waals surface area contributed by atoms with Crippen LogP contribution in [-0.4, -0.2) is 5.78 Å². The molecule has 0 saturated heterocycles. The van der Waals surface area contributed by atoms with Crippen molar-refractivity contribution >= 4 is 17.1 Å². The molecule has 0 unspecified atom stereocenters. The van der Waals surface area contributed by atoms with E-state index in [2.05, 4.69) is 17.5 Å². The molecule has 0 aliphatic heterocycles. The normalized spacial score (nSPS) is 28.5. The average molecular weight is 166 g/mol. The Balaban J connectivity index is 2.08. The van der Waals surface area contributed by atoms with Crippen molar-refractivity contribution < 1.29 is 4.79 Å². The summed E-state index contributed by atoms with van der Waals surface area (Å²) in [5, 5.41) is 2.07. The predicted molar refractivity (Wildman–Crippen MR) is 45.8 cm³/mol. The van der Waals surface area contributed by atoms with Crippen molar-refractivity contribution in [1.29, 1.82) is 0 Å². The van der Waals surface area contributed by atoms with Gasteiger partial charge in [0.2, 0.25) is 0 Å². The zero-order chi connectivity index (χ0) is 7.84. The number of carbonyl (C=O) groups is 1. The fourth-order valence-corrected chi connectivity index (χ4v) is 2.37. The van der Waals surface area contributed by atoms with E-state index in [9.17, 15) is 4.79 Å². The third kappa shape index (κ3) is 1.23. The molecule has 2 atom stereocenters. The second-order valence-electron chi connectivity index (χ2n) is 3.07. The van der Waals surface area contributed by atoms with Crippen LogP contribution in [0, 0.1) is 5.92 Å². The maximum Gasteiger partial charge on any atom is 0.133 e. The number of hydrogen-bond acceptors (Lipinski definition) is 2. The lowest BCUT2D eigenvalue weighted by molar-refractivity contribution is -0.118. The van der Waals surface area contributed by atoms with Crippen LogP contribution in [0.1, 0.15) is 24.1 Å². The molecule has 1 aromatic heterocycles. The highest BCUT2D eigenvalue weighted by Crippen LogP contribution is 2.49. The van der Waals surface area contributed by atoms with Crippen molar-refractivity contribution in [2.75, 3.05) is 0 Å². The van der Waals surface area contributed by atoms with Gasteiger partial charge >= 0.3 is 0 Å². The van der Waals surface area contributed by atoms with Crippen LogP contribution in [0.2, 0.25) is 0 Å². The van der Waals surface area contributed by atoms with Gasteiger partial charge in [0, 0.05) is 16.7 Å². The highest BCUT2D eigenvalue weighted by Gasteiger charge is 2.42. The maximum absolute atomic E-state index is 10.9. The van der Waals surface area contributed by atoms with E-state index in [1.807, 2.05) is 0 Å². The summed E-state index contributed by atoms with van der Waals surface area (Å²) < 4.78 is 0. The van der Waals surface area contributed by atoms with E-state index >= 15 is 0 Å². The molecular formula is C9H10OS. The Bertz CT molecular complexity index is 263. The Morgan fingerprint density at radius 3 is 3.00 bits per heavy atom. The minimum Gasteiger partial charge on any atom is -0.300 e. The van der Waals surface area contributed by atoms with Gasteiger partial charge in [-0.3, -0.25) is 4.79 Å². The van der Waals surface area contributed by atoms with Gasteiger partial charge in [-0.15, -0.1) is 11.3 Å². The second-order valence-corrected chi connectivity index (χ2v) is 4.05. The Kier molecular flexibility index (Phi) is 1.57. The predicted octanol–water partition coefficient (Wildman–Crippen LogP) is 2.44. The molecule has 1 aliphatic carbocycles. The van der Waals surface area contributed by atoms with E-state index < -0.39 is 0 Å². The summed E-state index contributed by atoms with van der Waals surface area (Å²) in [6.07, 6.45) is 1.08. The first kappa shape index (κ1) is 7.04. The third-order valence-corrected chi connectivity index (χ3v) is 3.23. The first-order valence-corrected chi connectivity index (χ1v) is 4.71. The van der Waals surface area contributed by atoms with Crippen molar-refractivity contribution in [2.24, 2.45) is 5.92 Å². The van der Waals surface area contributed by atoms with Gasteiger partial charge in [0.1, 0.15) is 5.78 Å². The fourth-order valence-electron chi connectivity index (χ4n) is 1.46. The molecule has 0 amide bonds. The highest BCUT2D eigenvalue weighted by molar-refractivity contribution is 7.10. The number of thiophene rings is 1. The van der Waals surface area contributed by atoms with Gasteiger partial charge in [0.15, 0.2) is 0 Å². The molecule has 0 bridgehead atoms. The monoisotopic (exact) mass is 166 g/mol. The van der Waals surface area contributed by atoms with E-state index in [4.69, 9.17) is 0 Å². The molecule has 0 radical (unpaired) electrons. The van der Waals surface area contributed by atoms with Crippen LogP contribution < -0.4 is 0 Å². The lowest BCUT2D eigenvalue weighted by Gasteiger charge is -1.89. The minimum absolute atomic E-state index is 0.341. The van der Waals surface area contributed by atoms with Crippen LogP contribution in [0.15, 0.2) is 17.5 Å². The van der Waals surface area contributed by atoms with Gasteiger partial charge in [0.25, 0.3) is 0 Å². The fraction of sp³-hybridized carbons (Fsp3) is 0.444. The molecule has 1 nitrogen and oxygen atoms in total. The standard InChI is InChI=1S/C9H10OS/c1-6(10)7-5-8(7)9-3-2-4-11-9/h2-4,7-8H,5H2,1H3/t7-,8+/m0/s1. The van der Waals surface area contributed by atoms with Crippen molar-refractivity contribution in [3.05, 3.63) is 22.4 Å². The average Bonchev–Trinajstić information content (AvgIpc) is 2.60. The molecule has 2 rings (SSSR count). The summed E-state index contributed by atoms with van der Waals surface area (Å²) in [5.74, 6) is 1.25. The van der Waals surface area contributed by atoms with Crippen LogP contribution in [0.5, 0.6) is 0 Å². The Labute approximate surface area is 70.1 Å². The number of rotatable bonds is 2. The van der Waals surface area contributed by atoms with Crippen LogP contribution in [0.4, 0.5) is 0 Å². The Morgan fingerprint density at radius 1 is 1.73 bits per heavy atom. The Morgan fingerprint density at radius 2 is 2.55 bits per heavy atom. The van der Waals surface area contributed by atoms with Crippen LogP contribution >= 0.6 is 11.3 Å². The number of hydrogen-bond donors (Lipinski definition) is 0. The molecule has 58 valence electrons. The second kappa shape index (κ2) is 2.45. The summed E-state index contributed by atoms with van der Waals surface area (Å²) in [6.45, 7) is 1.69. The van der Waals surface area contributed by atoms with Crippen LogP contribution in [0.3, 0.4) is 0 Å². The quantitative estimate of drug-likeness (QED) is 0.659. The summed E-state index contributed by atoms with van der Waals surface area (Å²) in [4.78, 5) is 12.3. The maximum atomic E-state index is 10.9. The largest absolute Gasteiger partial charge is 0.300 e. The van der Waals surface area contributed by atoms with Crippen molar-refractivity contribution in [1.82, 2.24) is 0 Å². The minimum atomic E-state index is 0.341. The Hall–Kier alpha value is -0.630. The van der Waals surface area contributed by atoms with Crippen molar-refractivity contribution in [2.45, 2.75) is 19.3 Å². The first-order chi connectivity index (χ1) is 5.29. The van der Waals surface area contributed by atoms with E-state index in [0.717, 1.165) is 6.42 Å². The molecule has 11 heavy (non-hydrogen) atoms. The zero-order valence-electron chi connectivity index (χ0n) is 6.41. The molecule has 0 spiro atoms. The molecule has 0 aromatic carbocycles. The smallest absolute Gasteiger partial charge is 0.133 e. The van der Waals surface area contributed by atoms with E-state index in [1.54, 1.807) is 18.3 Å². The SMILES string of the molecule is CC(=O)[C@@H]1C[C@H]1c1cccs1. The topological polar surface area (TPSA) is 17.1 Å². The van der Waals surface area contributed by atoms with Gasteiger partial charge < -0.3 is 0 Å². The molecule has 0 N–H and O–H groups in total. The van der Waals surface area contributed by atoms with Gasteiger partial charge in [-0.2, -0.15) is 0 Å². The summed E-state index contributed by atoms with van der Waals surface area (Å²) in [5.41, 5.74) is 0. The van der Waals surface area contributed by atoms with Crippen LogP contribution in [0.25, 0.3) is 0 Å². The number of Topliss-reactive ketones (excluding diaryl/α,β-unsaturated/α-hetero) is 1.